The molecular weight excluding hydrogens is 568 g/mol. The summed E-state index contributed by atoms with van der Waals surface area (Å²) in [6.45, 7) is 2.33. The maximum atomic E-state index is 15.4. The standard InChI is InChI=1S/C28H31F2N7O6/c29-18-8-19(33-25(40)20-7-15(38)9-31-20)23(30)17-6-14(5-16(17)18)11-36-3-1-28(2-4-36)13-37(27(41)43-28)21-10-32-26-24(34-21)35-22(39)12-42-26/h8,10,14-15,20,31,38H,1-7,9,11-13H2,(H,33,40)(H,34,35,39)/t14?,15-,20+/m1/s1. The molecule has 1 unspecified atom stereocenters. The van der Waals surface area contributed by atoms with Gasteiger partial charge < -0.3 is 35.4 Å². The lowest BCUT2D eigenvalue weighted by Gasteiger charge is -2.38. The molecule has 15 heteroatoms. The minimum absolute atomic E-state index is 0.00327. The van der Waals surface area contributed by atoms with E-state index < -0.39 is 41.4 Å². The Balaban J connectivity index is 0.956. The summed E-state index contributed by atoms with van der Waals surface area (Å²) in [5.74, 6) is -1.41. The van der Waals surface area contributed by atoms with Crippen LogP contribution in [0.4, 0.5) is 30.9 Å². The van der Waals surface area contributed by atoms with Crippen LogP contribution in [-0.4, -0.2) is 95.0 Å². The van der Waals surface area contributed by atoms with Crippen molar-refractivity contribution in [1.29, 1.82) is 0 Å². The quantitative estimate of drug-likeness (QED) is 0.390. The van der Waals surface area contributed by atoms with E-state index in [0.717, 1.165) is 6.07 Å². The van der Waals surface area contributed by atoms with Crippen LogP contribution in [0.3, 0.4) is 0 Å². The first-order valence-corrected chi connectivity index (χ1v) is 14.4. The van der Waals surface area contributed by atoms with E-state index in [-0.39, 0.29) is 61.1 Å². The van der Waals surface area contributed by atoms with Crippen molar-refractivity contribution < 1.29 is 37.7 Å². The fourth-order valence-electron chi connectivity index (χ4n) is 6.71. The van der Waals surface area contributed by atoms with Crippen LogP contribution in [0.2, 0.25) is 0 Å². The van der Waals surface area contributed by atoms with Crippen LogP contribution in [0, 0.1) is 17.6 Å². The van der Waals surface area contributed by atoms with E-state index >= 15 is 8.78 Å². The molecule has 228 valence electrons. The zero-order valence-electron chi connectivity index (χ0n) is 23.2. The second kappa shape index (κ2) is 10.6. The number of likely N-dealkylation sites (tertiary alicyclic amines) is 1. The smallest absolute Gasteiger partial charge is 0.416 e. The highest BCUT2D eigenvalue weighted by Gasteiger charge is 2.48. The second-order valence-corrected chi connectivity index (χ2v) is 11.9. The Morgan fingerprint density at radius 1 is 1.21 bits per heavy atom. The third-order valence-electron chi connectivity index (χ3n) is 8.95. The number of nitrogens with one attached hydrogen (secondary N) is 3. The van der Waals surface area contributed by atoms with Crippen molar-refractivity contribution in [3.8, 4) is 5.88 Å². The number of halogens is 2. The Kier molecular flexibility index (Phi) is 6.90. The molecule has 4 N–H and O–H groups in total. The third kappa shape index (κ3) is 5.25. The molecule has 5 heterocycles. The fraction of sp³-hybridized carbons (Fsp3) is 0.536. The number of carbonyl (C=O) groups excluding carboxylic acids is 3. The topological polar surface area (TPSA) is 158 Å². The number of fused-ring (bicyclic) bond motifs is 2. The summed E-state index contributed by atoms with van der Waals surface area (Å²) in [6, 6.07) is 0.383. The molecule has 43 heavy (non-hydrogen) atoms. The molecule has 1 aromatic heterocycles. The number of aromatic nitrogens is 2. The number of aliphatic hydroxyl groups excluding tert-OH is 1. The van der Waals surface area contributed by atoms with E-state index in [1.807, 2.05) is 0 Å². The number of piperidine rings is 1. The lowest BCUT2D eigenvalue weighted by atomic mass is 9.90. The second-order valence-electron chi connectivity index (χ2n) is 11.9. The van der Waals surface area contributed by atoms with E-state index in [1.165, 1.54) is 11.1 Å². The van der Waals surface area contributed by atoms with Gasteiger partial charge in [-0.1, -0.05) is 0 Å². The van der Waals surface area contributed by atoms with Crippen LogP contribution in [-0.2, 0) is 27.2 Å². The van der Waals surface area contributed by atoms with Gasteiger partial charge in [0, 0.05) is 45.1 Å². The summed E-state index contributed by atoms with van der Waals surface area (Å²) in [5.41, 5.74) is -0.243. The maximum Gasteiger partial charge on any atom is 0.416 e. The Morgan fingerprint density at radius 2 is 2.00 bits per heavy atom. The molecule has 5 aliphatic rings. The number of benzene rings is 1. The van der Waals surface area contributed by atoms with Crippen molar-refractivity contribution in [2.45, 2.75) is 49.9 Å². The van der Waals surface area contributed by atoms with E-state index in [0.29, 0.717) is 56.4 Å². The van der Waals surface area contributed by atoms with Gasteiger partial charge in [-0.05, 0) is 36.3 Å². The number of nitrogens with zero attached hydrogens (tertiary/aromatic N) is 4. The molecule has 3 fully saturated rings. The number of rotatable bonds is 5. The van der Waals surface area contributed by atoms with Crippen LogP contribution in [0.15, 0.2) is 12.3 Å². The lowest BCUT2D eigenvalue weighted by molar-refractivity contribution is -0.119. The molecule has 0 radical (unpaired) electrons. The molecule has 1 spiro atoms. The van der Waals surface area contributed by atoms with Crippen molar-refractivity contribution in [3.05, 3.63) is 35.0 Å². The van der Waals surface area contributed by atoms with Crippen LogP contribution >= 0.6 is 0 Å². The van der Waals surface area contributed by atoms with Gasteiger partial charge in [-0.25, -0.2) is 23.5 Å². The number of aliphatic hydroxyl groups is 1. The summed E-state index contributed by atoms with van der Waals surface area (Å²) in [7, 11) is 0. The minimum atomic E-state index is -0.695. The molecule has 1 aliphatic carbocycles. The zero-order valence-corrected chi connectivity index (χ0v) is 23.2. The monoisotopic (exact) mass is 599 g/mol. The molecule has 7 rings (SSSR count). The molecule has 0 bridgehead atoms. The molecule has 1 aromatic carbocycles. The number of β-amino-alcohol motifs (C(OH)–C–C–N with tert-alkyl or cyclic N) is 1. The van der Waals surface area contributed by atoms with Crippen molar-refractivity contribution >= 4 is 35.2 Å². The van der Waals surface area contributed by atoms with Gasteiger partial charge in [0.25, 0.3) is 11.8 Å². The van der Waals surface area contributed by atoms with Crippen molar-refractivity contribution in [2.24, 2.45) is 5.92 Å². The minimum Gasteiger partial charge on any atom is -0.465 e. The first-order chi connectivity index (χ1) is 20.7. The Hall–Kier alpha value is -3.95. The normalized spacial score (nSPS) is 26.1. The first-order valence-electron chi connectivity index (χ1n) is 14.4. The average Bonchev–Trinajstić information content (AvgIpc) is 3.70. The number of ether oxygens (including phenoxy) is 2. The number of hydrogen-bond acceptors (Lipinski definition) is 10. The van der Waals surface area contributed by atoms with Gasteiger partial charge in [0.15, 0.2) is 18.2 Å². The fourth-order valence-corrected chi connectivity index (χ4v) is 6.71. The average molecular weight is 600 g/mol. The third-order valence-corrected chi connectivity index (χ3v) is 8.95. The van der Waals surface area contributed by atoms with Crippen LogP contribution in [0.25, 0.3) is 0 Å². The SMILES string of the molecule is O=C1COc2ncc(N3CC4(CCN(CC5Cc6c(F)cc(NC(=O)[C@@H]7C[C@@H](O)CN7)c(F)c6C5)CC4)OC3=O)nc2N1. The summed E-state index contributed by atoms with van der Waals surface area (Å²) < 4.78 is 41.5. The summed E-state index contributed by atoms with van der Waals surface area (Å²) >= 11 is 0. The van der Waals surface area contributed by atoms with Gasteiger partial charge in [0.2, 0.25) is 5.91 Å². The Labute approximate surface area is 244 Å². The Morgan fingerprint density at radius 3 is 2.77 bits per heavy atom. The van der Waals surface area contributed by atoms with Gasteiger partial charge in [-0.2, -0.15) is 0 Å². The largest absolute Gasteiger partial charge is 0.465 e. The number of amides is 3. The van der Waals surface area contributed by atoms with E-state index in [2.05, 4.69) is 30.8 Å². The maximum absolute atomic E-state index is 15.4. The van der Waals surface area contributed by atoms with Gasteiger partial charge in [-0.15, -0.1) is 0 Å². The molecule has 3 atom stereocenters. The predicted octanol–water partition coefficient (Wildman–Crippen LogP) is 0.953. The molecule has 4 aliphatic heterocycles. The summed E-state index contributed by atoms with van der Waals surface area (Å²) in [5, 5.41) is 17.6. The first kappa shape index (κ1) is 27.9. The molecule has 0 saturated carbocycles. The van der Waals surface area contributed by atoms with Gasteiger partial charge in [0.05, 0.1) is 30.6 Å². The van der Waals surface area contributed by atoms with Gasteiger partial charge >= 0.3 is 6.09 Å². The van der Waals surface area contributed by atoms with Gasteiger partial charge in [0.1, 0.15) is 17.2 Å². The Bertz CT molecular complexity index is 1500. The number of anilines is 3. The van der Waals surface area contributed by atoms with E-state index in [4.69, 9.17) is 9.47 Å². The van der Waals surface area contributed by atoms with E-state index in [9.17, 15) is 19.5 Å². The van der Waals surface area contributed by atoms with Crippen LogP contribution in [0.5, 0.6) is 5.88 Å². The van der Waals surface area contributed by atoms with Crippen molar-refractivity contribution in [3.63, 3.8) is 0 Å². The molecule has 3 amide bonds. The van der Waals surface area contributed by atoms with Crippen molar-refractivity contribution in [2.75, 3.05) is 54.9 Å². The predicted molar refractivity (Wildman–Crippen MR) is 147 cm³/mol. The number of carbonyl (C=O) groups is 3. The molecule has 13 nitrogen and oxygen atoms in total. The van der Waals surface area contributed by atoms with Crippen molar-refractivity contribution in [1.82, 2.24) is 20.2 Å². The lowest BCUT2D eigenvalue weighted by Crippen LogP contribution is -2.48. The molecule has 2 aromatic rings. The number of hydrogen-bond donors (Lipinski definition) is 4. The molecule has 3 saturated heterocycles. The highest BCUT2D eigenvalue weighted by atomic mass is 19.1. The zero-order chi connectivity index (χ0) is 29.9. The highest BCUT2D eigenvalue weighted by Crippen LogP contribution is 2.39. The highest BCUT2D eigenvalue weighted by molar-refractivity contribution is 5.96. The summed E-state index contributed by atoms with van der Waals surface area (Å²) in [4.78, 5) is 49.1. The molecular formula is C28H31F2N7O6. The summed E-state index contributed by atoms with van der Waals surface area (Å²) in [6.07, 6.45) is 2.35. The van der Waals surface area contributed by atoms with Crippen LogP contribution < -0.4 is 25.6 Å². The van der Waals surface area contributed by atoms with Gasteiger partial charge in [-0.3, -0.25) is 14.5 Å². The van der Waals surface area contributed by atoms with E-state index in [1.54, 1.807) is 0 Å². The van der Waals surface area contributed by atoms with Crippen LogP contribution in [0.1, 0.15) is 30.4 Å².